The van der Waals surface area contributed by atoms with Crippen molar-refractivity contribution >= 4 is 10.9 Å². The zero-order valence-electron chi connectivity index (χ0n) is 9.89. The summed E-state index contributed by atoms with van der Waals surface area (Å²) >= 11 is 0. The molecular formula is C14H18N2O. The van der Waals surface area contributed by atoms with Crippen molar-refractivity contribution in [1.82, 2.24) is 9.88 Å². The van der Waals surface area contributed by atoms with Gasteiger partial charge in [0.25, 0.3) is 0 Å². The number of fused-ring (bicyclic) bond motifs is 1. The standard InChI is InChI=1S/C14H18N2O/c17-10-12-6-8-16(12)7-5-11-9-15-14-4-2-1-3-13(11)14/h1-4,9,12,15,17H,5-8,10H2/t12-/m1/s1. The van der Waals surface area contributed by atoms with Crippen LogP contribution in [0.4, 0.5) is 0 Å². The molecular weight excluding hydrogens is 212 g/mol. The lowest BCUT2D eigenvalue weighted by Crippen LogP contribution is -2.50. The molecule has 3 heteroatoms. The summed E-state index contributed by atoms with van der Waals surface area (Å²) in [5, 5.41) is 10.5. The Balaban J connectivity index is 1.69. The summed E-state index contributed by atoms with van der Waals surface area (Å²) in [6.07, 6.45) is 4.31. The van der Waals surface area contributed by atoms with Crippen molar-refractivity contribution < 1.29 is 5.11 Å². The van der Waals surface area contributed by atoms with Crippen LogP contribution in [0.3, 0.4) is 0 Å². The van der Waals surface area contributed by atoms with Gasteiger partial charge in [-0.15, -0.1) is 0 Å². The van der Waals surface area contributed by atoms with Gasteiger partial charge in [0.2, 0.25) is 0 Å². The molecule has 0 saturated carbocycles. The third-order valence-electron chi connectivity index (χ3n) is 3.82. The van der Waals surface area contributed by atoms with Gasteiger partial charge in [-0.05, 0) is 24.5 Å². The highest BCUT2D eigenvalue weighted by Gasteiger charge is 2.26. The van der Waals surface area contributed by atoms with Crippen LogP contribution in [0.5, 0.6) is 0 Å². The summed E-state index contributed by atoms with van der Waals surface area (Å²) in [6.45, 7) is 2.48. The highest BCUT2D eigenvalue weighted by Crippen LogP contribution is 2.21. The first-order chi connectivity index (χ1) is 8.38. The zero-order chi connectivity index (χ0) is 11.7. The van der Waals surface area contributed by atoms with Gasteiger partial charge in [0.05, 0.1) is 6.61 Å². The number of aliphatic hydroxyl groups excluding tert-OH is 1. The van der Waals surface area contributed by atoms with E-state index in [1.54, 1.807) is 0 Å². The number of rotatable bonds is 4. The molecule has 0 radical (unpaired) electrons. The van der Waals surface area contributed by atoms with Gasteiger partial charge < -0.3 is 10.1 Å². The maximum absolute atomic E-state index is 9.14. The molecule has 2 N–H and O–H groups in total. The van der Waals surface area contributed by atoms with Gasteiger partial charge in [-0.2, -0.15) is 0 Å². The maximum Gasteiger partial charge on any atom is 0.0587 e. The van der Waals surface area contributed by atoms with E-state index in [-0.39, 0.29) is 0 Å². The molecule has 90 valence electrons. The number of aromatic nitrogens is 1. The number of nitrogens with zero attached hydrogens (tertiary/aromatic N) is 1. The Morgan fingerprint density at radius 2 is 2.24 bits per heavy atom. The molecule has 1 aromatic carbocycles. The number of para-hydroxylation sites is 1. The molecule has 1 aliphatic heterocycles. The van der Waals surface area contributed by atoms with E-state index in [1.165, 1.54) is 16.5 Å². The van der Waals surface area contributed by atoms with E-state index >= 15 is 0 Å². The molecule has 0 spiro atoms. The molecule has 17 heavy (non-hydrogen) atoms. The predicted molar refractivity (Wildman–Crippen MR) is 69.1 cm³/mol. The Kier molecular flexibility index (Phi) is 2.87. The number of hydrogen-bond acceptors (Lipinski definition) is 2. The van der Waals surface area contributed by atoms with Gasteiger partial charge in [0, 0.05) is 36.2 Å². The van der Waals surface area contributed by atoms with Crippen molar-refractivity contribution in [3.63, 3.8) is 0 Å². The van der Waals surface area contributed by atoms with Gasteiger partial charge in [0.1, 0.15) is 0 Å². The SMILES string of the molecule is OC[C@H]1CCN1CCc1c[nH]c2ccccc12. The molecule has 0 aliphatic carbocycles. The van der Waals surface area contributed by atoms with Gasteiger partial charge in [-0.3, -0.25) is 4.90 Å². The fourth-order valence-corrected chi connectivity index (χ4v) is 2.60. The van der Waals surface area contributed by atoms with E-state index < -0.39 is 0 Å². The second-order valence-electron chi connectivity index (χ2n) is 4.77. The third kappa shape index (κ3) is 1.96. The number of likely N-dealkylation sites (tertiary alicyclic amines) is 1. The molecule has 0 unspecified atom stereocenters. The van der Waals surface area contributed by atoms with Crippen LogP contribution in [0.2, 0.25) is 0 Å². The molecule has 3 nitrogen and oxygen atoms in total. The highest BCUT2D eigenvalue weighted by atomic mass is 16.3. The van der Waals surface area contributed by atoms with Crippen molar-refractivity contribution in [2.75, 3.05) is 19.7 Å². The first-order valence-corrected chi connectivity index (χ1v) is 6.28. The van der Waals surface area contributed by atoms with Crippen LogP contribution in [-0.2, 0) is 6.42 Å². The first kappa shape index (κ1) is 10.8. The molecule has 1 atom stereocenters. The van der Waals surface area contributed by atoms with Crippen molar-refractivity contribution in [1.29, 1.82) is 0 Å². The highest BCUT2D eigenvalue weighted by molar-refractivity contribution is 5.83. The summed E-state index contributed by atoms with van der Waals surface area (Å²) in [4.78, 5) is 5.67. The smallest absolute Gasteiger partial charge is 0.0587 e. The number of aromatic amines is 1. The van der Waals surface area contributed by atoms with Crippen LogP contribution in [0.1, 0.15) is 12.0 Å². The lowest BCUT2D eigenvalue weighted by Gasteiger charge is -2.39. The summed E-state index contributed by atoms with van der Waals surface area (Å²) in [7, 11) is 0. The molecule has 2 aromatic rings. The molecule has 0 amide bonds. The van der Waals surface area contributed by atoms with E-state index in [0.717, 1.165) is 25.9 Å². The average molecular weight is 230 g/mol. The normalized spacial score (nSPS) is 20.6. The average Bonchev–Trinajstić information content (AvgIpc) is 2.72. The van der Waals surface area contributed by atoms with E-state index in [4.69, 9.17) is 5.11 Å². The molecule has 0 bridgehead atoms. The second kappa shape index (κ2) is 4.51. The number of H-pyrrole nitrogens is 1. The van der Waals surface area contributed by atoms with Crippen LogP contribution < -0.4 is 0 Å². The van der Waals surface area contributed by atoms with E-state index in [0.29, 0.717) is 12.6 Å². The Bertz CT molecular complexity index is 504. The van der Waals surface area contributed by atoms with Crippen LogP contribution in [-0.4, -0.2) is 40.7 Å². The van der Waals surface area contributed by atoms with Crippen molar-refractivity contribution in [3.8, 4) is 0 Å². The Morgan fingerprint density at radius 1 is 1.35 bits per heavy atom. The van der Waals surface area contributed by atoms with Crippen molar-refractivity contribution in [3.05, 3.63) is 36.0 Å². The monoisotopic (exact) mass is 230 g/mol. The number of benzene rings is 1. The Hall–Kier alpha value is -1.32. The number of aliphatic hydroxyl groups is 1. The van der Waals surface area contributed by atoms with Gasteiger partial charge in [-0.25, -0.2) is 0 Å². The van der Waals surface area contributed by atoms with Crippen molar-refractivity contribution in [2.45, 2.75) is 18.9 Å². The van der Waals surface area contributed by atoms with Crippen LogP contribution in [0, 0.1) is 0 Å². The van der Waals surface area contributed by atoms with Crippen LogP contribution in [0.15, 0.2) is 30.5 Å². The van der Waals surface area contributed by atoms with Gasteiger partial charge in [-0.1, -0.05) is 18.2 Å². The Morgan fingerprint density at radius 3 is 3.00 bits per heavy atom. The van der Waals surface area contributed by atoms with E-state index in [1.807, 2.05) is 0 Å². The second-order valence-corrected chi connectivity index (χ2v) is 4.77. The maximum atomic E-state index is 9.14. The summed E-state index contributed by atoms with van der Waals surface area (Å²) in [5.74, 6) is 0. The van der Waals surface area contributed by atoms with Crippen LogP contribution in [0.25, 0.3) is 10.9 Å². The first-order valence-electron chi connectivity index (χ1n) is 6.28. The number of hydrogen-bond donors (Lipinski definition) is 2. The lowest BCUT2D eigenvalue weighted by atomic mass is 10.0. The Labute approximate surface area is 101 Å². The molecule has 1 saturated heterocycles. The quantitative estimate of drug-likeness (QED) is 0.840. The lowest BCUT2D eigenvalue weighted by molar-refractivity contribution is 0.0437. The molecule has 1 aromatic heterocycles. The molecule has 1 fully saturated rings. The predicted octanol–water partition coefficient (Wildman–Crippen LogP) is 1.78. The van der Waals surface area contributed by atoms with Crippen LogP contribution >= 0.6 is 0 Å². The minimum absolute atomic E-state index is 0.299. The summed E-state index contributed by atoms with van der Waals surface area (Å²) in [5.41, 5.74) is 2.59. The minimum Gasteiger partial charge on any atom is -0.395 e. The van der Waals surface area contributed by atoms with Gasteiger partial charge >= 0.3 is 0 Å². The summed E-state index contributed by atoms with van der Waals surface area (Å²) in [6, 6.07) is 8.82. The summed E-state index contributed by atoms with van der Waals surface area (Å²) < 4.78 is 0. The zero-order valence-corrected chi connectivity index (χ0v) is 9.89. The molecule has 1 aliphatic rings. The van der Waals surface area contributed by atoms with E-state index in [2.05, 4.69) is 40.3 Å². The topological polar surface area (TPSA) is 39.3 Å². The third-order valence-corrected chi connectivity index (χ3v) is 3.82. The number of nitrogens with one attached hydrogen (secondary N) is 1. The molecule has 2 heterocycles. The largest absolute Gasteiger partial charge is 0.395 e. The molecule has 3 rings (SSSR count). The van der Waals surface area contributed by atoms with Crippen molar-refractivity contribution in [2.24, 2.45) is 0 Å². The van der Waals surface area contributed by atoms with Gasteiger partial charge in [0.15, 0.2) is 0 Å². The fraction of sp³-hybridized carbons (Fsp3) is 0.429. The van der Waals surface area contributed by atoms with E-state index in [9.17, 15) is 0 Å². The minimum atomic E-state index is 0.299. The fourth-order valence-electron chi connectivity index (χ4n) is 2.60.